The number of aromatic nitrogens is 2. The third-order valence-electron chi connectivity index (χ3n) is 6.84. The maximum absolute atomic E-state index is 13.0. The Morgan fingerprint density at radius 3 is 2.68 bits per heavy atom. The molecule has 2 aliphatic rings. The summed E-state index contributed by atoms with van der Waals surface area (Å²) < 4.78 is 5.57. The van der Waals surface area contributed by atoms with Crippen molar-refractivity contribution in [2.45, 2.75) is 45.1 Å². The van der Waals surface area contributed by atoms with E-state index in [1.54, 1.807) is 48.5 Å². The fraction of sp³-hybridized carbons (Fsp3) is 0.538. The SMILES string of the molecule is CCN1C(=O)N(C)c2cnc(Nc3ccc(C(=O)NCCCN(C)C)cc3OC)nc2N1C1CCCC1. The average molecular weight is 511 g/mol. The molecule has 4 rings (SSSR count). The first-order valence-electron chi connectivity index (χ1n) is 12.9. The molecule has 3 amide bonds. The highest BCUT2D eigenvalue weighted by Crippen LogP contribution is 2.39. The fourth-order valence-corrected chi connectivity index (χ4v) is 4.88. The van der Waals surface area contributed by atoms with Crippen LogP contribution in [0.25, 0.3) is 0 Å². The van der Waals surface area contributed by atoms with E-state index in [-0.39, 0.29) is 18.0 Å². The number of benzene rings is 1. The highest BCUT2D eigenvalue weighted by molar-refractivity contribution is 5.99. The summed E-state index contributed by atoms with van der Waals surface area (Å²) in [5.41, 5.74) is 1.84. The average Bonchev–Trinajstić information content (AvgIpc) is 3.43. The molecule has 1 fully saturated rings. The van der Waals surface area contributed by atoms with Gasteiger partial charge in [-0.2, -0.15) is 4.98 Å². The second-order valence-electron chi connectivity index (χ2n) is 9.70. The number of hydrogen-bond donors (Lipinski definition) is 2. The van der Waals surface area contributed by atoms with Crippen LogP contribution in [0.2, 0.25) is 0 Å². The van der Waals surface area contributed by atoms with Crippen LogP contribution in [0.3, 0.4) is 0 Å². The topological polar surface area (TPSA) is 106 Å². The minimum absolute atomic E-state index is 0.0801. The van der Waals surface area contributed by atoms with Crippen molar-refractivity contribution in [2.24, 2.45) is 0 Å². The predicted molar refractivity (Wildman–Crippen MR) is 145 cm³/mol. The fourth-order valence-electron chi connectivity index (χ4n) is 4.88. The highest BCUT2D eigenvalue weighted by atomic mass is 16.5. The van der Waals surface area contributed by atoms with Gasteiger partial charge in [-0.15, -0.1) is 0 Å². The molecule has 1 aliphatic carbocycles. The van der Waals surface area contributed by atoms with E-state index in [4.69, 9.17) is 9.72 Å². The first-order chi connectivity index (χ1) is 17.8. The van der Waals surface area contributed by atoms with E-state index in [9.17, 15) is 9.59 Å². The van der Waals surface area contributed by atoms with Crippen LogP contribution in [0.1, 0.15) is 49.4 Å². The number of amides is 3. The molecule has 11 heteroatoms. The van der Waals surface area contributed by atoms with Gasteiger partial charge < -0.3 is 20.3 Å². The van der Waals surface area contributed by atoms with Gasteiger partial charge in [-0.05, 0) is 65.0 Å². The van der Waals surface area contributed by atoms with E-state index in [0.717, 1.165) is 38.6 Å². The lowest BCUT2D eigenvalue weighted by Crippen LogP contribution is -2.59. The number of hydrogen-bond acceptors (Lipinski definition) is 8. The molecule has 2 N–H and O–H groups in total. The van der Waals surface area contributed by atoms with Crippen molar-refractivity contribution in [3.63, 3.8) is 0 Å². The summed E-state index contributed by atoms with van der Waals surface area (Å²) in [4.78, 5) is 38.6. The minimum atomic E-state index is -0.145. The van der Waals surface area contributed by atoms with E-state index in [2.05, 4.69) is 25.5 Å². The Kier molecular flexibility index (Phi) is 8.32. The standard InChI is InChI=1S/C26H38N8O3/c1-6-33-26(36)32(4)21-17-28-25(30-23(21)34(33)19-10-7-8-11-19)29-20-13-12-18(16-22(20)37-5)24(35)27-14-9-15-31(2)3/h12-13,16-17,19H,6-11,14-15H2,1-5H3,(H,27,35)(H,28,29,30). The van der Waals surface area contributed by atoms with Gasteiger partial charge in [0, 0.05) is 25.7 Å². The summed E-state index contributed by atoms with van der Waals surface area (Å²) in [5.74, 6) is 1.46. The summed E-state index contributed by atoms with van der Waals surface area (Å²) in [6.07, 6.45) is 6.87. The van der Waals surface area contributed by atoms with Crippen molar-refractivity contribution in [3.05, 3.63) is 30.0 Å². The van der Waals surface area contributed by atoms with Crippen LogP contribution in [0.4, 0.5) is 27.9 Å². The zero-order valence-electron chi connectivity index (χ0n) is 22.5. The molecular weight excluding hydrogens is 472 g/mol. The van der Waals surface area contributed by atoms with E-state index in [1.807, 2.05) is 21.0 Å². The van der Waals surface area contributed by atoms with Gasteiger partial charge in [-0.3, -0.25) is 14.7 Å². The minimum Gasteiger partial charge on any atom is -0.495 e. The van der Waals surface area contributed by atoms with E-state index in [1.165, 1.54) is 0 Å². The number of nitrogens with zero attached hydrogens (tertiary/aromatic N) is 6. The van der Waals surface area contributed by atoms with Crippen molar-refractivity contribution >= 4 is 35.1 Å². The number of rotatable bonds is 10. The largest absolute Gasteiger partial charge is 0.495 e. The van der Waals surface area contributed by atoms with Gasteiger partial charge in [0.15, 0.2) is 5.82 Å². The molecule has 200 valence electrons. The van der Waals surface area contributed by atoms with Crippen LogP contribution >= 0.6 is 0 Å². The Labute approximate surface area is 218 Å². The quantitative estimate of drug-likeness (QED) is 0.468. The molecule has 0 spiro atoms. The molecule has 1 aromatic carbocycles. The Hall–Kier alpha value is -3.60. The molecule has 0 bridgehead atoms. The number of ether oxygens (including phenoxy) is 1. The molecule has 1 aliphatic heterocycles. The van der Waals surface area contributed by atoms with Crippen LogP contribution in [0.15, 0.2) is 24.4 Å². The Morgan fingerprint density at radius 1 is 1.24 bits per heavy atom. The molecular formula is C26H38N8O3. The van der Waals surface area contributed by atoms with Crippen molar-refractivity contribution in [3.8, 4) is 5.75 Å². The lowest BCUT2D eigenvalue weighted by Gasteiger charge is -2.45. The zero-order chi connectivity index (χ0) is 26.5. The zero-order valence-corrected chi connectivity index (χ0v) is 22.5. The smallest absolute Gasteiger partial charge is 0.343 e. The van der Waals surface area contributed by atoms with E-state index in [0.29, 0.717) is 47.5 Å². The van der Waals surface area contributed by atoms with Crippen LogP contribution < -0.4 is 25.3 Å². The van der Waals surface area contributed by atoms with Gasteiger partial charge in [0.25, 0.3) is 5.91 Å². The van der Waals surface area contributed by atoms with E-state index < -0.39 is 0 Å². The summed E-state index contributed by atoms with van der Waals surface area (Å²) in [7, 11) is 7.33. The van der Waals surface area contributed by atoms with Crippen LogP contribution in [0.5, 0.6) is 5.75 Å². The van der Waals surface area contributed by atoms with Gasteiger partial charge in [0.2, 0.25) is 5.95 Å². The number of carbonyl (C=O) groups is 2. The Bertz CT molecular complexity index is 1120. The molecule has 1 aromatic heterocycles. The van der Waals surface area contributed by atoms with Gasteiger partial charge in [0.1, 0.15) is 11.4 Å². The summed E-state index contributed by atoms with van der Waals surface area (Å²) in [6.45, 7) is 4.04. The lowest BCUT2D eigenvalue weighted by molar-refractivity contribution is 0.0952. The highest BCUT2D eigenvalue weighted by Gasteiger charge is 2.39. The lowest BCUT2D eigenvalue weighted by atomic mass is 10.1. The molecule has 37 heavy (non-hydrogen) atoms. The van der Waals surface area contributed by atoms with E-state index >= 15 is 0 Å². The molecule has 0 atom stereocenters. The maximum Gasteiger partial charge on any atom is 0.343 e. The van der Waals surface area contributed by atoms with Gasteiger partial charge in [-0.1, -0.05) is 12.8 Å². The molecule has 0 radical (unpaired) electrons. The molecule has 0 unspecified atom stereocenters. The molecule has 2 heterocycles. The third-order valence-corrected chi connectivity index (χ3v) is 6.84. The second kappa shape index (κ2) is 11.6. The van der Waals surface area contributed by atoms with Gasteiger partial charge in [0.05, 0.1) is 25.0 Å². The first kappa shape index (κ1) is 26.5. The first-order valence-corrected chi connectivity index (χ1v) is 12.9. The Morgan fingerprint density at radius 2 is 2.00 bits per heavy atom. The monoisotopic (exact) mass is 510 g/mol. The summed E-state index contributed by atoms with van der Waals surface area (Å²) >= 11 is 0. The number of carbonyl (C=O) groups excluding carboxylic acids is 2. The van der Waals surface area contributed by atoms with Crippen molar-refractivity contribution < 1.29 is 14.3 Å². The summed E-state index contributed by atoms with van der Waals surface area (Å²) in [5, 5.41) is 10.0. The van der Waals surface area contributed by atoms with Crippen molar-refractivity contribution in [2.75, 3.05) is 63.1 Å². The van der Waals surface area contributed by atoms with Gasteiger partial charge >= 0.3 is 6.03 Å². The van der Waals surface area contributed by atoms with Crippen molar-refractivity contribution in [1.29, 1.82) is 0 Å². The predicted octanol–water partition coefficient (Wildman–Crippen LogP) is 3.47. The number of fused-ring (bicyclic) bond motifs is 1. The van der Waals surface area contributed by atoms with Crippen molar-refractivity contribution in [1.82, 2.24) is 25.2 Å². The second-order valence-corrected chi connectivity index (χ2v) is 9.70. The number of methoxy groups -OCH3 is 1. The molecule has 1 saturated carbocycles. The molecule has 2 aromatic rings. The van der Waals surface area contributed by atoms with Crippen LogP contribution in [-0.4, -0.2) is 85.7 Å². The van der Waals surface area contributed by atoms with Gasteiger partial charge in [-0.25, -0.2) is 14.8 Å². The molecule has 0 saturated heterocycles. The third kappa shape index (κ3) is 5.71. The van der Waals surface area contributed by atoms with Crippen LogP contribution in [-0.2, 0) is 0 Å². The maximum atomic E-state index is 13.0. The Balaban J connectivity index is 1.56. The number of nitrogens with one attached hydrogen (secondary N) is 2. The number of hydrazine groups is 1. The van der Waals surface area contributed by atoms with Crippen LogP contribution in [0, 0.1) is 0 Å². The normalized spacial score (nSPS) is 15.8. The summed E-state index contributed by atoms with van der Waals surface area (Å²) in [6, 6.07) is 5.39. The number of urea groups is 1. The number of anilines is 4. The molecule has 11 nitrogen and oxygen atoms in total.